The van der Waals surface area contributed by atoms with Crippen LogP contribution in [0.5, 0.6) is 5.75 Å². The molecule has 0 radical (unpaired) electrons. The van der Waals surface area contributed by atoms with Crippen molar-refractivity contribution in [1.82, 2.24) is 4.90 Å². The average molecular weight is 330 g/mol. The normalized spacial score (nSPS) is 19.7. The van der Waals surface area contributed by atoms with Gasteiger partial charge in [0.05, 0.1) is 5.69 Å². The standard InChI is InChI=1S/C19H26N2O3/c1-3-11-20(13-15-8-9-15)18(22)10-12-21-16-6-4-5-7-17(16)24-14(2)19(21)23/h4-7,14-15H,3,8-13H2,1-2H3. The Morgan fingerprint density at radius 3 is 2.79 bits per heavy atom. The smallest absolute Gasteiger partial charge is 0.267 e. The number of para-hydroxylation sites is 2. The van der Waals surface area contributed by atoms with E-state index in [1.54, 1.807) is 11.8 Å². The summed E-state index contributed by atoms with van der Waals surface area (Å²) in [6.45, 7) is 5.93. The van der Waals surface area contributed by atoms with Crippen LogP contribution in [0.15, 0.2) is 24.3 Å². The molecule has 1 aliphatic heterocycles. The lowest BCUT2D eigenvalue weighted by atomic mass is 10.1. The number of ether oxygens (including phenoxy) is 1. The van der Waals surface area contributed by atoms with Gasteiger partial charge in [-0.1, -0.05) is 19.1 Å². The van der Waals surface area contributed by atoms with Crippen LogP contribution >= 0.6 is 0 Å². The van der Waals surface area contributed by atoms with E-state index in [9.17, 15) is 9.59 Å². The minimum atomic E-state index is -0.506. The van der Waals surface area contributed by atoms with Crippen LogP contribution in [0.4, 0.5) is 5.69 Å². The number of fused-ring (bicyclic) bond motifs is 1. The lowest BCUT2D eigenvalue weighted by Gasteiger charge is -2.33. The number of carbonyl (C=O) groups is 2. The zero-order chi connectivity index (χ0) is 17.1. The Bertz CT molecular complexity index is 612. The molecule has 1 heterocycles. The van der Waals surface area contributed by atoms with Gasteiger partial charge in [-0.3, -0.25) is 9.59 Å². The Hall–Kier alpha value is -2.04. The molecule has 2 aliphatic rings. The van der Waals surface area contributed by atoms with Gasteiger partial charge in [0.25, 0.3) is 5.91 Å². The topological polar surface area (TPSA) is 49.9 Å². The first-order chi connectivity index (χ1) is 11.6. The molecule has 0 aromatic heterocycles. The first-order valence-electron chi connectivity index (χ1n) is 8.95. The Morgan fingerprint density at radius 2 is 2.08 bits per heavy atom. The van der Waals surface area contributed by atoms with Crippen LogP contribution in [0.25, 0.3) is 0 Å². The maximum atomic E-state index is 12.6. The molecular formula is C19H26N2O3. The quantitative estimate of drug-likeness (QED) is 0.772. The van der Waals surface area contributed by atoms with E-state index in [-0.39, 0.29) is 11.8 Å². The molecule has 24 heavy (non-hydrogen) atoms. The Morgan fingerprint density at radius 1 is 1.33 bits per heavy atom. The first kappa shape index (κ1) is 16.8. The van der Waals surface area contributed by atoms with E-state index in [1.165, 1.54) is 12.8 Å². The summed E-state index contributed by atoms with van der Waals surface area (Å²) < 4.78 is 5.64. The molecule has 1 aromatic rings. The zero-order valence-corrected chi connectivity index (χ0v) is 14.5. The molecule has 3 rings (SSSR count). The SMILES string of the molecule is CCCN(CC1CC1)C(=O)CCN1C(=O)C(C)Oc2ccccc21. The summed E-state index contributed by atoms with van der Waals surface area (Å²) in [7, 11) is 0. The van der Waals surface area contributed by atoms with Crippen LogP contribution in [0.2, 0.25) is 0 Å². The van der Waals surface area contributed by atoms with Crippen LogP contribution in [-0.4, -0.2) is 42.5 Å². The number of anilines is 1. The molecule has 5 heteroatoms. The largest absolute Gasteiger partial charge is 0.479 e. The highest BCUT2D eigenvalue weighted by Gasteiger charge is 2.32. The highest BCUT2D eigenvalue weighted by atomic mass is 16.5. The molecule has 0 spiro atoms. The molecule has 1 fully saturated rings. The fourth-order valence-electron chi connectivity index (χ4n) is 3.15. The number of hydrogen-bond acceptors (Lipinski definition) is 3. The first-order valence-corrected chi connectivity index (χ1v) is 8.95. The van der Waals surface area contributed by atoms with E-state index < -0.39 is 6.10 Å². The summed E-state index contributed by atoms with van der Waals surface area (Å²) in [5.74, 6) is 1.46. The number of nitrogens with zero attached hydrogens (tertiary/aromatic N) is 2. The lowest BCUT2D eigenvalue weighted by Crippen LogP contribution is -2.46. The fourth-order valence-corrected chi connectivity index (χ4v) is 3.15. The van der Waals surface area contributed by atoms with Crippen LogP contribution < -0.4 is 9.64 Å². The Kier molecular flexibility index (Phi) is 5.07. The monoisotopic (exact) mass is 330 g/mol. The van der Waals surface area contributed by atoms with Crippen LogP contribution in [0.3, 0.4) is 0 Å². The van der Waals surface area contributed by atoms with Crippen molar-refractivity contribution in [2.24, 2.45) is 5.92 Å². The van der Waals surface area contributed by atoms with Crippen LogP contribution in [0.1, 0.15) is 39.5 Å². The molecule has 1 aliphatic carbocycles. The molecule has 1 unspecified atom stereocenters. The van der Waals surface area contributed by atoms with Gasteiger partial charge in [-0.2, -0.15) is 0 Å². The molecule has 2 amide bonds. The average Bonchev–Trinajstić information content (AvgIpc) is 3.39. The van der Waals surface area contributed by atoms with Crippen molar-refractivity contribution in [2.75, 3.05) is 24.5 Å². The van der Waals surface area contributed by atoms with Crippen LogP contribution in [-0.2, 0) is 9.59 Å². The highest BCUT2D eigenvalue weighted by Crippen LogP contribution is 2.34. The van der Waals surface area contributed by atoms with Gasteiger partial charge in [-0.15, -0.1) is 0 Å². The summed E-state index contributed by atoms with van der Waals surface area (Å²) in [6.07, 6.45) is 3.29. The van der Waals surface area contributed by atoms with Crippen molar-refractivity contribution in [3.8, 4) is 5.75 Å². The van der Waals surface area contributed by atoms with Crippen molar-refractivity contribution in [2.45, 2.75) is 45.6 Å². The number of hydrogen-bond donors (Lipinski definition) is 0. The fraction of sp³-hybridized carbons (Fsp3) is 0.579. The maximum Gasteiger partial charge on any atom is 0.267 e. The number of carbonyl (C=O) groups excluding carboxylic acids is 2. The Labute approximate surface area is 143 Å². The Balaban J connectivity index is 1.66. The molecule has 0 N–H and O–H groups in total. The van der Waals surface area contributed by atoms with Gasteiger partial charge in [-0.05, 0) is 44.2 Å². The van der Waals surface area contributed by atoms with Crippen molar-refractivity contribution in [3.63, 3.8) is 0 Å². The molecule has 130 valence electrons. The predicted molar refractivity (Wildman–Crippen MR) is 93.1 cm³/mol. The minimum Gasteiger partial charge on any atom is -0.479 e. The van der Waals surface area contributed by atoms with Gasteiger partial charge in [0.2, 0.25) is 5.91 Å². The second kappa shape index (κ2) is 7.24. The second-order valence-corrected chi connectivity index (χ2v) is 6.75. The number of rotatable bonds is 7. The second-order valence-electron chi connectivity index (χ2n) is 6.75. The zero-order valence-electron chi connectivity index (χ0n) is 14.5. The molecule has 0 saturated heterocycles. The predicted octanol–water partition coefficient (Wildman–Crippen LogP) is 2.84. The van der Waals surface area contributed by atoms with Crippen molar-refractivity contribution in [1.29, 1.82) is 0 Å². The van der Waals surface area contributed by atoms with Gasteiger partial charge in [-0.25, -0.2) is 0 Å². The third-order valence-electron chi connectivity index (χ3n) is 4.64. The van der Waals surface area contributed by atoms with Gasteiger partial charge in [0.15, 0.2) is 6.10 Å². The molecular weight excluding hydrogens is 304 g/mol. The summed E-state index contributed by atoms with van der Waals surface area (Å²) in [5, 5.41) is 0. The van der Waals surface area contributed by atoms with Crippen molar-refractivity contribution < 1.29 is 14.3 Å². The van der Waals surface area contributed by atoms with Crippen molar-refractivity contribution in [3.05, 3.63) is 24.3 Å². The summed E-state index contributed by atoms with van der Waals surface area (Å²) in [4.78, 5) is 28.7. The maximum absolute atomic E-state index is 12.6. The molecule has 0 bridgehead atoms. The van der Waals surface area contributed by atoms with E-state index >= 15 is 0 Å². The van der Waals surface area contributed by atoms with E-state index in [1.807, 2.05) is 29.2 Å². The van der Waals surface area contributed by atoms with Gasteiger partial charge in [0.1, 0.15) is 5.75 Å². The summed E-state index contributed by atoms with van der Waals surface area (Å²) in [6, 6.07) is 7.52. The highest BCUT2D eigenvalue weighted by molar-refractivity contribution is 6.00. The third-order valence-corrected chi connectivity index (χ3v) is 4.64. The summed E-state index contributed by atoms with van der Waals surface area (Å²) in [5.41, 5.74) is 0.762. The van der Waals surface area contributed by atoms with Crippen LogP contribution in [0, 0.1) is 5.92 Å². The van der Waals surface area contributed by atoms with Gasteiger partial charge >= 0.3 is 0 Å². The van der Waals surface area contributed by atoms with Gasteiger partial charge in [0, 0.05) is 26.1 Å². The summed E-state index contributed by atoms with van der Waals surface area (Å²) >= 11 is 0. The minimum absolute atomic E-state index is 0.0780. The number of amides is 2. The van der Waals surface area contributed by atoms with E-state index in [4.69, 9.17) is 4.74 Å². The lowest BCUT2D eigenvalue weighted by molar-refractivity contribution is -0.131. The molecule has 5 nitrogen and oxygen atoms in total. The molecule has 1 aromatic carbocycles. The van der Waals surface area contributed by atoms with E-state index in [2.05, 4.69) is 6.92 Å². The van der Waals surface area contributed by atoms with Gasteiger partial charge < -0.3 is 14.5 Å². The molecule has 1 atom stereocenters. The van der Waals surface area contributed by atoms with Crippen molar-refractivity contribution >= 4 is 17.5 Å². The van der Waals surface area contributed by atoms with E-state index in [0.717, 1.165) is 25.2 Å². The number of benzene rings is 1. The third kappa shape index (κ3) is 3.71. The molecule has 1 saturated carbocycles. The van der Waals surface area contributed by atoms with E-state index in [0.29, 0.717) is 24.6 Å².